The molecular weight excluding hydrogens is 138 g/mol. The number of nitrogens with zero attached hydrogens (tertiary/aromatic N) is 3. The van der Waals surface area contributed by atoms with Gasteiger partial charge in [-0.1, -0.05) is 0 Å². The highest BCUT2D eigenvalue weighted by Crippen LogP contribution is 2.17. The molecule has 3 nitrogen and oxygen atoms in total. The summed E-state index contributed by atoms with van der Waals surface area (Å²) in [4.78, 5) is 3.75. The van der Waals surface area contributed by atoms with E-state index in [0.29, 0.717) is 0 Å². The molecule has 11 heavy (non-hydrogen) atoms. The van der Waals surface area contributed by atoms with E-state index in [-0.39, 0.29) is 0 Å². The number of azo groups is 1. The van der Waals surface area contributed by atoms with Crippen molar-refractivity contribution in [3.63, 3.8) is 0 Å². The molecule has 0 unspecified atom stereocenters. The normalized spacial score (nSPS) is 10.3. The van der Waals surface area contributed by atoms with Crippen molar-refractivity contribution in [2.75, 3.05) is 7.05 Å². The standard InChI is InChI=1S/C8H9N3/c1-9-7-3-5-8(6-4-7)11-10-2/h3-6H,1H2,2H3. The highest BCUT2D eigenvalue weighted by molar-refractivity contribution is 5.50. The number of rotatable bonds is 2. The molecule has 1 aromatic carbocycles. The highest BCUT2D eigenvalue weighted by Gasteiger charge is 1.87. The van der Waals surface area contributed by atoms with E-state index in [0.717, 1.165) is 11.4 Å². The second kappa shape index (κ2) is 3.61. The minimum Gasteiger partial charge on any atom is -0.265 e. The Balaban J connectivity index is 2.91. The molecule has 0 radical (unpaired) electrons. The van der Waals surface area contributed by atoms with Crippen LogP contribution in [0.25, 0.3) is 0 Å². The fraction of sp³-hybridized carbons (Fsp3) is 0.125. The number of hydrogen-bond acceptors (Lipinski definition) is 3. The van der Waals surface area contributed by atoms with Gasteiger partial charge in [-0.05, 0) is 31.0 Å². The SMILES string of the molecule is C=Nc1ccc(N=NC)cc1. The van der Waals surface area contributed by atoms with E-state index in [4.69, 9.17) is 0 Å². The zero-order valence-electron chi connectivity index (χ0n) is 6.36. The lowest BCUT2D eigenvalue weighted by molar-refractivity contribution is 1.17. The molecule has 0 amide bonds. The van der Waals surface area contributed by atoms with Gasteiger partial charge in [0.05, 0.1) is 11.4 Å². The van der Waals surface area contributed by atoms with E-state index in [1.165, 1.54) is 0 Å². The van der Waals surface area contributed by atoms with Crippen LogP contribution < -0.4 is 0 Å². The van der Waals surface area contributed by atoms with Crippen molar-refractivity contribution >= 4 is 18.1 Å². The van der Waals surface area contributed by atoms with Gasteiger partial charge >= 0.3 is 0 Å². The van der Waals surface area contributed by atoms with Crippen molar-refractivity contribution in [1.29, 1.82) is 0 Å². The molecule has 1 aromatic rings. The van der Waals surface area contributed by atoms with Crippen molar-refractivity contribution in [2.45, 2.75) is 0 Å². The minimum atomic E-state index is 0.833. The topological polar surface area (TPSA) is 37.1 Å². The van der Waals surface area contributed by atoms with Crippen molar-refractivity contribution < 1.29 is 0 Å². The van der Waals surface area contributed by atoms with Gasteiger partial charge in [0, 0.05) is 7.05 Å². The van der Waals surface area contributed by atoms with E-state index < -0.39 is 0 Å². The van der Waals surface area contributed by atoms with Crippen LogP contribution in [0.15, 0.2) is 39.5 Å². The summed E-state index contributed by atoms with van der Waals surface area (Å²) < 4.78 is 0. The Morgan fingerprint density at radius 1 is 1.09 bits per heavy atom. The summed E-state index contributed by atoms with van der Waals surface area (Å²) in [6, 6.07) is 7.38. The zero-order chi connectivity index (χ0) is 8.10. The van der Waals surface area contributed by atoms with Crippen LogP contribution in [0.1, 0.15) is 0 Å². The molecule has 0 aromatic heterocycles. The maximum absolute atomic E-state index is 3.84. The van der Waals surface area contributed by atoms with Gasteiger partial charge in [-0.2, -0.15) is 10.2 Å². The second-order valence-electron chi connectivity index (χ2n) is 1.97. The predicted octanol–water partition coefficient (Wildman–Crippen LogP) is 2.73. The predicted molar refractivity (Wildman–Crippen MR) is 46.1 cm³/mol. The smallest absolute Gasteiger partial charge is 0.0853 e. The molecule has 0 fully saturated rings. The molecule has 0 heterocycles. The van der Waals surface area contributed by atoms with Crippen LogP contribution in [-0.4, -0.2) is 13.8 Å². The molecule has 0 saturated carbocycles. The molecular formula is C8H9N3. The summed E-state index contributed by atoms with van der Waals surface area (Å²) in [6.07, 6.45) is 0. The molecule has 0 aliphatic heterocycles. The number of hydrogen-bond donors (Lipinski definition) is 0. The summed E-state index contributed by atoms with van der Waals surface area (Å²) in [5.41, 5.74) is 1.68. The third kappa shape index (κ3) is 1.97. The molecule has 3 heteroatoms. The third-order valence-electron chi connectivity index (χ3n) is 1.25. The third-order valence-corrected chi connectivity index (χ3v) is 1.25. The van der Waals surface area contributed by atoms with E-state index in [1.807, 2.05) is 24.3 Å². The fourth-order valence-electron chi connectivity index (χ4n) is 0.740. The minimum absolute atomic E-state index is 0.833. The number of benzene rings is 1. The van der Waals surface area contributed by atoms with Gasteiger partial charge in [0.15, 0.2) is 0 Å². The van der Waals surface area contributed by atoms with E-state index in [2.05, 4.69) is 21.9 Å². The monoisotopic (exact) mass is 147 g/mol. The zero-order valence-corrected chi connectivity index (χ0v) is 6.36. The van der Waals surface area contributed by atoms with Crippen LogP contribution in [0.3, 0.4) is 0 Å². The van der Waals surface area contributed by atoms with Crippen LogP contribution in [-0.2, 0) is 0 Å². The van der Waals surface area contributed by atoms with Gasteiger partial charge in [-0.3, -0.25) is 4.99 Å². The lowest BCUT2D eigenvalue weighted by Gasteiger charge is -1.91. The van der Waals surface area contributed by atoms with E-state index >= 15 is 0 Å². The van der Waals surface area contributed by atoms with Crippen LogP contribution in [0.4, 0.5) is 11.4 Å². The fourth-order valence-corrected chi connectivity index (χ4v) is 0.740. The summed E-state index contributed by atoms with van der Waals surface area (Å²) in [7, 11) is 1.64. The largest absolute Gasteiger partial charge is 0.265 e. The van der Waals surface area contributed by atoms with Gasteiger partial charge in [0.1, 0.15) is 0 Å². The summed E-state index contributed by atoms with van der Waals surface area (Å²) in [5.74, 6) is 0. The summed E-state index contributed by atoms with van der Waals surface area (Å²) in [5, 5.41) is 7.49. The average Bonchev–Trinajstić information content (AvgIpc) is 2.07. The quantitative estimate of drug-likeness (QED) is 0.455. The van der Waals surface area contributed by atoms with Crippen LogP contribution >= 0.6 is 0 Å². The summed E-state index contributed by atoms with van der Waals surface area (Å²) >= 11 is 0. The van der Waals surface area contributed by atoms with Crippen molar-refractivity contribution in [1.82, 2.24) is 0 Å². The van der Waals surface area contributed by atoms with Gasteiger partial charge in [-0.25, -0.2) is 0 Å². The van der Waals surface area contributed by atoms with Crippen molar-refractivity contribution in [3.8, 4) is 0 Å². The molecule has 0 spiro atoms. The molecule has 56 valence electrons. The first-order chi connectivity index (χ1) is 5.36. The first kappa shape index (κ1) is 7.60. The average molecular weight is 147 g/mol. The first-order valence-corrected chi connectivity index (χ1v) is 3.23. The van der Waals surface area contributed by atoms with Crippen molar-refractivity contribution in [3.05, 3.63) is 24.3 Å². The molecule has 1 rings (SSSR count). The van der Waals surface area contributed by atoms with E-state index in [9.17, 15) is 0 Å². The van der Waals surface area contributed by atoms with Crippen molar-refractivity contribution in [2.24, 2.45) is 15.2 Å². The molecule has 0 N–H and O–H groups in total. The van der Waals surface area contributed by atoms with Crippen LogP contribution in [0.2, 0.25) is 0 Å². The Bertz CT molecular complexity index is 261. The van der Waals surface area contributed by atoms with Crippen LogP contribution in [0.5, 0.6) is 0 Å². The highest BCUT2D eigenvalue weighted by atomic mass is 15.1. The van der Waals surface area contributed by atoms with E-state index in [1.54, 1.807) is 7.05 Å². The van der Waals surface area contributed by atoms with Gasteiger partial charge < -0.3 is 0 Å². The van der Waals surface area contributed by atoms with Gasteiger partial charge in [-0.15, -0.1) is 0 Å². The Labute approximate surface area is 65.5 Å². The maximum atomic E-state index is 3.84. The molecule has 0 bridgehead atoms. The second-order valence-corrected chi connectivity index (χ2v) is 1.97. The van der Waals surface area contributed by atoms with Crippen LogP contribution in [0, 0.1) is 0 Å². The summed E-state index contributed by atoms with van der Waals surface area (Å²) in [6.45, 7) is 3.40. The molecule has 0 atom stereocenters. The van der Waals surface area contributed by atoms with Gasteiger partial charge in [0.2, 0.25) is 0 Å². The lowest BCUT2D eigenvalue weighted by atomic mass is 10.3. The molecule has 0 aliphatic rings. The van der Waals surface area contributed by atoms with Gasteiger partial charge in [0.25, 0.3) is 0 Å². The molecule has 0 aliphatic carbocycles. The first-order valence-electron chi connectivity index (χ1n) is 3.23. The number of aliphatic imine (C=N–C) groups is 1. The Hall–Kier alpha value is -1.51. The lowest BCUT2D eigenvalue weighted by Crippen LogP contribution is -1.63. The molecule has 0 saturated heterocycles. The maximum Gasteiger partial charge on any atom is 0.0853 e. The Kier molecular flexibility index (Phi) is 2.49. The Morgan fingerprint density at radius 3 is 2.09 bits per heavy atom. The Morgan fingerprint density at radius 2 is 1.64 bits per heavy atom.